The molecule has 0 bridgehead atoms. The first-order chi connectivity index (χ1) is 10.1. The molecule has 2 N–H and O–H groups in total. The average Bonchev–Trinajstić information content (AvgIpc) is 2.49. The first-order valence-corrected chi connectivity index (χ1v) is 7.15. The van der Waals surface area contributed by atoms with Gasteiger partial charge in [0.1, 0.15) is 19.8 Å². The van der Waals surface area contributed by atoms with Crippen molar-refractivity contribution in [2.24, 2.45) is 0 Å². The Bertz CT molecular complexity index is 528. The maximum absolute atomic E-state index is 11.8. The number of ether oxygens (including phenoxy) is 3. The van der Waals surface area contributed by atoms with Crippen LogP contribution >= 0.6 is 0 Å². The second-order valence-corrected chi connectivity index (χ2v) is 5.60. The Balaban J connectivity index is 1.47. The summed E-state index contributed by atoms with van der Waals surface area (Å²) >= 11 is 0. The van der Waals surface area contributed by atoms with Crippen LogP contribution in [0.5, 0.6) is 11.5 Å². The maximum atomic E-state index is 11.8. The molecule has 1 aromatic rings. The minimum absolute atomic E-state index is 0.0860. The van der Waals surface area contributed by atoms with Gasteiger partial charge in [0.2, 0.25) is 5.91 Å². The smallest absolute Gasteiger partial charge is 0.246 e. The fraction of sp³-hybridized carbons (Fsp3) is 0.533. The number of hydrogen-bond donors (Lipinski definition) is 2. The molecule has 0 saturated carbocycles. The number of benzene rings is 1. The molecule has 1 saturated heterocycles. The lowest BCUT2D eigenvalue weighted by atomic mass is 10.0. The van der Waals surface area contributed by atoms with Gasteiger partial charge in [0, 0.05) is 19.6 Å². The summed E-state index contributed by atoms with van der Waals surface area (Å²) in [6.45, 7) is 5.26. The number of carbonyl (C=O) groups excluding carboxylic acids is 1. The van der Waals surface area contributed by atoms with E-state index in [1.54, 1.807) is 0 Å². The van der Waals surface area contributed by atoms with Crippen molar-refractivity contribution in [3.63, 3.8) is 0 Å². The van der Waals surface area contributed by atoms with Crippen LogP contribution in [0.25, 0.3) is 0 Å². The number of nitrogens with one attached hydrogen (secondary N) is 2. The lowest BCUT2D eigenvalue weighted by Crippen LogP contribution is -2.59. The van der Waals surface area contributed by atoms with Crippen molar-refractivity contribution in [1.29, 1.82) is 0 Å². The van der Waals surface area contributed by atoms with E-state index in [0.29, 0.717) is 19.8 Å². The van der Waals surface area contributed by atoms with Crippen LogP contribution in [0.2, 0.25) is 0 Å². The largest absolute Gasteiger partial charge is 0.486 e. The highest BCUT2D eigenvalue weighted by Gasteiger charge is 2.32. The molecule has 0 radical (unpaired) electrons. The molecule has 2 aliphatic heterocycles. The average molecular weight is 292 g/mol. The zero-order valence-electron chi connectivity index (χ0n) is 12.1. The lowest BCUT2D eigenvalue weighted by molar-refractivity contribution is -0.136. The molecule has 0 aromatic heterocycles. The van der Waals surface area contributed by atoms with Crippen molar-refractivity contribution in [2.45, 2.75) is 19.1 Å². The molecule has 1 aromatic carbocycles. The molecule has 114 valence electrons. The van der Waals surface area contributed by atoms with Gasteiger partial charge < -0.3 is 24.8 Å². The van der Waals surface area contributed by atoms with Crippen molar-refractivity contribution in [3.05, 3.63) is 23.8 Å². The lowest BCUT2D eigenvalue weighted by Gasteiger charge is -2.38. The van der Waals surface area contributed by atoms with Gasteiger partial charge in [-0.2, -0.15) is 0 Å². The van der Waals surface area contributed by atoms with E-state index in [1.807, 2.05) is 25.1 Å². The SMILES string of the molecule is CC1(OCC(=O)NCc2ccc3c(c2)OCCO3)CNC1. The van der Waals surface area contributed by atoms with Gasteiger partial charge in [0.15, 0.2) is 11.5 Å². The van der Waals surface area contributed by atoms with Gasteiger partial charge in [-0.15, -0.1) is 0 Å². The monoisotopic (exact) mass is 292 g/mol. The third kappa shape index (κ3) is 3.46. The summed E-state index contributed by atoms with van der Waals surface area (Å²) < 4.78 is 16.6. The third-order valence-corrected chi connectivity index (χ3v) is 3.65. The molecule has 1 fully saturated rings. The van der Waals surface area contributed by atoms with Crippen LogP contribution in [0, 0.1) is 0 Å². The van der Waals surface area contributed by atoms with E-state index in [1.165, 1.54) is 0 Å². The van der Waals surface area contributed by atoms with Crippen molar-refractivity contribution in [1.82, 2.24) is 10.6 Å². The summed E-state index contributed by atoms with van der Waals surface area (Å²) in [7, 11) is 0. The Morgan fingerprint density at radius 1 is 1.33 bits per heavy atom. The Kier molecular flexibility index (Phi) is 3.98. The maximum Gasteiger partial charge on any atom is 0.246 e. The fourth-order valence-corrected chi connectivity index (χ4v) is 2.27. The second-order valence-electron chi connectivity index (χ2n) is 5.60. The highest BCUT2D eigenvalue weighted by molar-refractivity contribution is 5.77. The highest BCUT2D eigenvalue weighted by atomic mass is 16.6. The van der Waals surface area contributed by atoms with E-state index in [-0.39, 0.29) is 18.1 Å². The minimum atomic E-state index is -0.200. The molecule has 2 heterocycles. The number of fused-ring (bicyclic) bond motifs is 1. The van der Waals surface area contributed by atoms with Crippen molar-refractivity contribution in [2.75, 3.05) is 32.9 Å². The van der Waals surface area contributed by atoms with Gasteiger partial charge in [-0.3, -0.25) is 4.79 Å². The van der Waals surface area contributed by atoms with E-state index in [4.69, 9.17) is 14.2 Å². The van der Waals surface area contributed by atoms with E-state index in [2.05, 4.69) is 10.6 Å². The van der Waals surface area contributed by atoms with Crippen molar-refractivity contribution in [3.8, 4) is 11.5 Å². The topological polar surface area (TPSA) is 68.8 Å². The van der Waals surface area contributed by atoms with E-state index in [0.717, 1.165) is 30.2 Å². The quantitative estimate of drug-likeness (QED) is 0.825. The van der Waals surface area contributed by atoms with E-state index < -0.39 is 0 Å². The van der Waals surface area contributed by atoms with Crippen molar-refractivity contribution >= 4 is 5.91 Å². The predicted octanol–water partition coefficient (Wildman–Crippen LogP) is 0.452. The van der Waals surface area contributed by atoms with Gasteiger partial charge in [0.05, 0.1) is 5.60 Å². The summed E-state index contributed by atoms with van der Waals surface area (Å²) in [6, 6.07) is 5.69. The first-order valence-electron chi connectivity index (χ1n) is 7.15. The molecule has 6 nitrogen and oxygen atoms in total. The van der Waals surface area contributed by atoms with Gasteiger partial charge in [-0.25, -0.2) is 0 Å². The van der Waals surface area contributed by atoms with Crippen molar-refractivity contribution < 1.29 is 19.0 Å². The zero-order valence-corrected chi connectivity index (χ0v) is 12.1. The normalized spacial score (nSPS) is 18.7. The molecular weight excluding hydrogens is 272 g/mol. The van der Waals surface area contributed by atoms with E-state index >= 15 is 0 Å². The number of amides is 1. The molecular formula is C15H20N2O4. The molecule has 2 aliphatic rings. The van der Waals surface area contributed by atoms with Gasteiger partial charge in [-0.05, 0) is 24.6 Å². The number of hydrogen-bond acceptors (Lipinski definition) is 5. The van der Waals surface area contributed by atoms with Gasteiger partial charge >= 0.3 is 0 Å². The highest BCUT2D eigenvalue weighted by Crippen LogP contribution is 2.30. The third-order valence-electron chi connectivity index (χ3n) is 3.65. The Hall–Kier alpha value is -1.79. The van der Waals surface area contributed by atoms with Crippen LogP contribution in [-0.2, 0) is 16.1 Å². The zero-order chi connectivity index (χ0) is 14.7. The summed E-state index contributed by atoms with van der Waals surface area (Å²) in [5, 5.41) is 5.98. The standard InChI is InChI=1S/C15H20N2O4/c1-15(9-16-10-15)21-8-14(18)17-7-11-2-3-12-13(6-11)20-5-4-19-12/h2-3,6,16H,4-5,7-10H2,1H3,(H,17,18). The van der Waals surface area contributed by atoms with Crippen LogP contribution in [0.4, 0.5) is 0 Å². The molecule has 0 atom stereocenters. The van der Waals surface area contributed by atoms with Crippen LogP contribution in [0.1, 0.15) is 12.5 Å². The second kappa shape index (κ2) is 5.91. The molecule has 3 rings (SSSR count). The van der Waals surface area contributed by atoms with E-state index in [9.17, 15) is 4.79 Å². The summed E-state index contributed by atoms with van der Waals surface area (Å²) in [4.78, 5) is 11.8. The Morgan fingerprint density at radius 3 is 2.81 bits per heavy atom. The molecule has 1 amide bonds. The predicted molar refractivity (Wildman–Crippen MR) is 76.5 cm³/mol. The first kappa shape index (κ1) is 14.2. The summed E-state index contributed by atoms with van der Waals surface area (Å²) in [5.41, 5.74) is 0.776. The molecule has 0 unspecified atom stereocenters. The number of rotatable bonds is 5. The van der Waals surface area contributed by atoms with Gasteiger partial charge in [0.25, 0.3) is 0 Å². The fourth-order valence-electron chi connectivity index (χ4n) is 2.27. The molecule has 0 spiro atoms. The van der Waals surface area contributed by atoms with Crippen LogP contribution < -0.4 is 20.1 Å². The van der Waals surface area contributed by atoms with Gasteiger partial charge in [-0.1, -0.05) is 6.07 Å². The van der Waals surface area contributed by atoms with Crippen LogP contribution in [0.3, 0.4) is 0 Å². The molecule has 0 aliphatic carbocycles. The van der Waals surface area contributed by atoms with Crippen LogP contribution in [0.15, 0.2) is 18.2 Å². The summed E-state index contributed by atoms with van der Waals surface area (Å²) in [6.07, 6.45) is 0. The van der Waals surface area contributed by atoms with Crippen LogP contribution in [-0.4, -0.2) is 44.4 Å². The number of carbonyl (C=O) groups is 1. The molecule has 21 heavy (non-hydrogen) atoms. The molecule has 6 heteroatoms. The Labute approximate surface area is 123 Å². The minimum Gasteiger partial charge on any atom is -0.486 e. The summed E-state index contributed by atoms with van der Waals surface area (Å²) in [5.74, 6) is 1.38. The Morgan fingerprint density at radius 2 is 2.10 bits per heavy atom.